The van der Waals surface area contributed by atoms with Gasteiger partial charge in [-0.05, 0) is 26.0 Å². The number of amides is 3. The van der Waals surface area contributed by atoms with Crippen molar-refractivity contribution in [2.75, 3.05) is 19.9 Å². The van der Waals surface area contributed by atoms with Gasteiger partial charge in [-0.25, -0.2) is 0 Å². The summed E-state index contributed by atoms with van der Waals surface area (Å²) < 4.78 is 5.17. The summed E-state index contributed by atoms with van der Waals surface area (Å²) in [4.78, 5) is 40.1. The predicted octanol–water partition coefficient (Wildman–Crippen LogP) is 0.877. The molecular formula is C15H16N2O4. The minimum atomic E-state index is -1.24. The summed E-state index contributed by atoms with van der Waals surface area (Å²) in [6, 6.07) is 6.62. The maximum atomic E-state index is 12.6. The molecule has 0 radical (unpaired) electrons. The fourth-order valence-corrected chi connectivity index (χ4v) is 2.75. The Morgan fingerprint density at radius 1 is 1.14 bits per heavy atom. The molecule has 2 aliphatic heterocycles. The first-order valence-corrected chi connectivity index (χ1v) is 6.79. The lowest BCUT2D eigenvalue weighted by Gasteiger charge is -2.35. The maximum Gasteiger partial charge on any atom is 0.262 e. The highest BCUT2D eigenvalue weighted by molar-refractivity contribution is 6.23. The number of nitrogens with zero attached hydrogens (tertiary/aromatic N) is 2. The molecule has 0 bridgehead atoms. The van der Waals surface area contributed by atoms with Crippen molar-refractivity contribution >= 4 is 17.7 Å². The van der Waals surface area contributed by atoms with Crippen molar-refractivity contribution in [1.82, 2.24) is 9.80 Å². The molecule has 0 N–H and O–H groups in total. The molecule has 6 nitrogen and oxygen atoms in total. The largest absolute Gasteiger partial charge is 0.359 e. The molecule has 110 valence electrons. The molecule has 0 spiro atoms. The van der Waals surface area contributed by atoms with Crippen molar-refractivity contribution in [3.63, 3.8) is 0 Å². The van der Waals surface area contributed by atoms with E-state index in [9.17, 15) is 14.4 Å². The third-order valence-corrected chi connectivity index (χ3v) is 3.92. The average Bonchev–Trinajstić information content (AvgIpc) is 3.07. The van der Waals surface area contributed by atoms with Crippen LogP contribution >= 0.6 is 0 Å². The Labute approximate surface area is 122 Å². The van der Waals surface area contributed by atoms with Gasteiger partial charge < -0.3 is 9.64 Å². The van der Waals surface area contributed by atoms with Crippen molar-refractivity contribution in [3.8, 4) is 0 Å². The van der Waals surface area contributed by atoms with Crippen LogP contribution in [0, 0.1) is 0 Å². The van der Waals surface area contributed by atoms with E-state index in [0.717, 1.165) is 4.90 Å². The Morgan fingerprint density at radius 3 is 2.19 bits per heavy atom. The van der Waals surface area contributed by atoms with E-state index in [0.29, 0.717) is 24.3 Å². The van der Waals surface area contributed by atoms with Crippen LogP contribution in [0.25, 0.3) is 0 Å². The number of carbonyl (C=O) groups excluding carboxylic acids is 3. The zero-order chi connectivity index (χ0) is 15.2. The Morgan fingerprint density at radius 2 is 1.71 bits per heavy atom. The standard InChI is InChI=1S/C15H16N2O4/c1-15(2,14(20)16-7-8-21-9-16)17-12(18)10-5-3-4-6-11(10)13(17)19/h3-6H,7-9H2,1-2H3. The molecule has 3 rings (SSSR count). The van der Waals surface area contributed by atoms with Crippen LogP contribution in [0.4, 0.5) is 0 Å². The Kier molecular flexibility index (Phi) is 3.06. The van der Waals surface area contributed by atoms with Crippen LogP contribution in [-0.4, -0.2) is 52.9 Å². The maximum absolute atomic E-state index is 12.6. The van der Waals surface area contributed by atoms with Gasteiger partial charge in [0.05, 0.1) is 17.7 Å². The number of fused-ring (bicyclic) bond motifs is 1. The van der Waals surface area contributed by atoms with Gasteiger partial charge in [0.1, 0.15) is 12.3 Å². The van der Waals surface area contributed by atoms with E-state index >= 15 is 0 Å². The number of carbonyl (C=O) groups is 3. The molecule has 0 atom stereocenters. The van der Waals surface area contributed by atoms with Gasteiger partial charge in [0.15, 0.2) is 0 Å². The minimum Gasteiger partial charge on any atom is -0.359 e. The van der Waals surface area contributed by atoms with E-state index in [1.807, 2.05) is 0 Å². The smallest absolute Gasteiger partial charge is 0.262 e. The topological polar surface area (TPSA) is 66.9 Å². The molecule has 2 aliphatic rings. The first kappa shape index (κ1) is 13.8. The van der Waals surface area contributed by atoms with Gasteiger partial charge in [0.25, 0.3) is 11.8 Å². The van der Waals surface area contributed by atoms with Crippen LogP contribution in [0.15, 0.2) is 24.3 Å². The van der Waals surface area contributed by atoms with Gasteiger partial charge in [0.2, 0.25) is 5.91 Å². The molecule has 1 saturated heterocycles. The van der Waals surface area contributed by atoms with Gasteiger partial charge in [-0.15, -0.1) is 0 Å². The molecule has 3 amide bonds. The van der Waals surface area contributed by atoms with E-state index in [1.54, 1.807) is 38.1 Å². The highest BCUT2D eigenvalue weighted by Gasteiger charge is 2.49. The summed E-state index contributed by atoms with van der Waals surface area (Å²) in [6.07, 6.45) is 0. The molecule has 1 aromatic carbocycles. The van der Waals surface area contributed by atoms with Crippen LogP contribution in [0.5, 0.6) is 0 Å². The molecule has 2 heterocycles. The summed E-state index contributed by atoms with van der Waals surface area (Å²) in [7, 11) is 0. The third-order valence-electron chi connectivity index (χ3n) is 3.92. The number of ether oxygens (including phenoxy) is 1. The van der Waals surface area contributed by atoms with E-state index in [1.165, 1.54) is 4.90 Å². The zero-order valence-corrected chi connectivity index (χ0v) is 12.0. The Hall–Kier alpha value is -2.21. The molecule has 0 aromatic heterocycles. The van der Waals surface area contributed by atoms with Gasteiger partial charge in [-0.3, -0.25) is 19.3 Å². The molecule has 1 aromatic rings. The van der Waals surface area contributed by atoms with Crippen LogP contribution in [0.1, 0.15) is 34.6 Å². The lowest BCUT2D eigenvalue weighted by molar-refractivity contribution is -0.140. The highest BCUT2D eigenvalue weighted by Crippen LogP contribution is 2.30. The second-order valence-corrected chi connectivity index (χ2v) is 5.66. The average molecular weight is 288 g/mol. The van der Waals surface area contributed by atoms with Crippen LogP contribution in [0.2, 0.25) is 0 Å². The summed E-state index contributed by atoms with van der Waals surface area (Å²) in [6.45, 7) is 4.34. The summed E-state index contributed by atoms with van der Waals surface area (Å²) >= 11 is 0. The van der Waals surface area contributed by atoms with Crippen LogP contribution in [-0.2, 0) is 9.53 Å². The van der Waals surface area contributed by atoms with E-state index in [4.69, 9.17) is 4.74 Å². The van der Waals surface area contributed by atoms with Crippen molar-refractivity contribution < 1.29 is 19.1 Å². The summed E-state index contributed by atoms with van der Waals surface area (Å²) in [5.74, 6) is -1.13. The SMILES string of the molecule is CC(C)(C(=O)N1CCOC1)N1C(=O)c2ccccc2C1=O. The number of benzene rings is 1. The molecule has 0 aliphatic carbocycles. The van der Waals surface area contributed by atoms with E-state index < -0.39 is 17.4 Å². The quantitative estimate of drug-likeness (QED) is 0.758. The third kappa shape index (κ3) is 1.94. The van der Waals surface area contributed by atoms with E-state index in [2.05, 4.69) is 0 Å². The monoisotopic (exact) mass is 288 g/mol. The minimum absolute atomic E-state index is 0.200. The van der Waals surface area contributed by atoms with Crippen LogP contribution in [0.3, 0.4) is 0 Å². The number of imide groups is 1. The summed E-state index contributed by atoms with van der Waals surface area (Å²) in [5.41, 5.74) is -0.539. The first-order valence-electron chi connectivity index (χ1n) is 6.79. The molecule has 0 unspecified atom stereocenters. The fraction of sp³-hybridized carbons (Fsp3) is 0.400. The van der Waals surface area contributed by atoms with Crippen molar-refractivity contribution in [2.45, 2.75) is 19.4 Å². The number of rotatable bonds is 2. The predicted molar refractivity (Wildman–Crippen MR) is 73.6 cm³/mol. The van der Waals surface area contributed by atoms with Crippen molar-refractivity contribution in [1.29, 1.82) is 0 Å². The summed E-state index contributed by atoms with van der Waals surface area (Å²) in [5, 5.41) is 0. The molecule has 0 saturated carbocycles. The highest BCUT2D eigenvalue weighted by atomic mass is 16.5. The first-order chi connectivity index (χ1) is 9.94. The van der Waals surface area contributed by atoms with Gasteiger partial charge in [-0.2, -0.15) is 0 Å². The lowest BCUT2D eigenvalue weighted by Crippen LogP contribution is -2.57. The van der Waals surface area contributed by atoms with Crippen LogP contribution < -0.4 is 0 Å². The van der Waals surface area contributed by atoms with E-state index in [-0.39, 0.29) is 12.6 Å². The number of hydrogen-bond acceptors (Lipinski definition) is 4. The normalized spacial score (nSPS) is 18.4. The fourth-order valence-electron chi connectivity index (χ4n) is 2.75. The lowest BCUT2D eigenvalue weighted by atomic mass is 10.0. The van der Waals surface area contributed by atoms with Gasteiger partial charge in [-0.1, -0.05) is 12.1 Å². The molecule has 21 heavy (non-hydrogen) atoms. The molecule has 6 heteroatoms. The Bertz CT molecular complexity index is 597. The number of hydrogen-bond donors (Lipinski definition) is 0. The van der Waals surface area contributed by atoms with Gasteiger partial charge >= 0.3 is 0 Å². The zero-order valence-electron chi connectivity index (χ0n) is 12.0. The van der Waals surface area contributed by atoms with Crippen molar-refractivity contribution in [2.24, 2.45) is 0 Å². The van der Waals surface area contributed by atoms with Crippen molar-refractivity contribution in [3.05, 3.63) is 35.4 Å². The molecule has 1 fully saturated rings. The second-order valence-electron chi connectivity index (χ2n) is 5.66. The van der Waals surface area contributed by atoms with Gasteiger partial charge in [0, 0.05) is 6.54 Å². The second kappa shape index (κ2) is 4.66. The molecular weight excluding hydrogens is 272 g/mol. The Balaban J connectivity index is 1.95.